The third-order valence-corrected chi connectivity index (χ3v) is 2.62. The Hall–Kier alpha value is -2.10. The van der Waals surface area contributed by atoms with Gasteiger partial charge in [0.2, 0.25) is 0 Å². The minimum atomic E-state index is 0.0396. The monoisotopic (exact) mass is 230 g/mol. The molecule has 0 radical (unpaired) electrons. The van der Waals surface area contributed by atoms with Crippen molar-refractivity contribution in [2.24, 2.45) is 7.05 Å². The van der Waals surface area contributed by atoms with E-state index in [1.54, 1.807) is 37.0 Å². The summed E-state index contributed by atoms with van der Waals surface area (Å²) in [6, 6.07) is 5.40. The molecule has 0 aliphatic carbocycles. The Balaban J connectivity index is 2.57. The number of hydrogen-bond donors (Lipinski definition) is 0. The van der Waals surface area contributed by atoms with Crippen LogP contribution in [0, 0.1) is 0 Å². The first-order valence-electron chi connectivity index (χ1n) is 5.30. The molecule has 0 saturated carbocycles. The van der Waals surface area contributed by atoms with Gasteiger partial charge in [-0.3, -0.25) is 9.48 Å². The maximum Gasteiger partial charge on any atom is 0.159 e. The minimum absolute atomic E-state index is 0.0396. The third-order valence-electron chi connectivity index (χ3n) is 2.62. The van der Waals surface area contributed by atoms with Crippen LogP contribution in [0.3, 0.4) is 0 Å². The zero-order chi connectivity index (χ0) is 12.4. The van der Waals surface area contributed by atoms with Crippen LogP contribution in [0.4, 0.5) is 0 Å². The normalized spacial score (nSPS) is 10.3. The van der Waals surface area contributed by atoms with Crippen molar-refractivity contribution in [2.45, 2.75) is 6.92 Å². The number of rotatable bonds is 3. The molecule has 2 aromatic rings. The van der Waals surface area contributed by atoms with Crippen molar-refractivity contribution in [1.29, 1.82) is 0 Å². The van der Waals surface area contributed by atoms with E-state index in [2.05, 4.69) is 5.10 Å². The van der Waals surface area contributed by atoms with Crippen LogP contribution in [-0.2, 0) is 7.05 Å². The minimum Gasteiger partial charge on any atom is -0.496 e. The van der Waals surface area contributed by atoms with E-state index in [0.29, 0.717) is 5.56 Å². The van der Waals surface area contributed by atoms with Crippen molar-refractivity contribution in [2.75, 3.05) is 7.11 Å². The van der Waals surface area contributed by atoms with E-state index in [4.69, 9.17) is 4.74 Å². The average Bonchev–Trinajstić information content (AvgIpc) is 2.74. The number of benzene rings is 1. The SMILES string of the molecule is COc1ccc(C(C)=O)cc1-c1cnn(C)c1. The standard InChI is InChI=1S/C13H14N2O2/c1-9(16)10-4-5-13(17-3)12(6-10)11-7-14-15(2)8-11/h4-8H,1-3H3. The molecular formula is C13H14N2O2. The molecule has 4 nitrogen and oxygen atoms in total. The largest absolute Gasteiger partial charge is 0.496 e. The van der Waals surface area contributed by atoms with E-state index in [-0.39, 0.29) is 5.78 Å². The zero-order valence-electron chi connectivity index (χ0n) is 10.1. The van der Waals surface area contributed by atoms with E-state index in [9.17, 15) is 4.79 Å². The van der Waals surface area contributed by atoms with E-state index in [1.807, 2.05) is 19.3 Å². The van der Waals surface area contributed by atoms with Gasteiger partial charge in [0.25, 0.3) is 0 Å². The highest BCUT2D eigenvalue weighted by Gasteiger charge is 2.10. The second-order valence-corrected chi connectivity index (χ2v) is 3.87. The van der Waals surface area contributed by atoms with Gasteiger partial charge in [0.1, 0.15) is 5.75 Å². The quantitative estimate of drug-likeness (QED) is 0.760. The van der Waals surface area contributed by atoms with Crippen LogP contribution in [-0.4, -0.2) is 22.7 Å². The van der Waals surface area contributed by atoms with Crippen LogP contribution < -0.4 is 4.74 Å². The average molecular weight is 230 g/mol. The van der Waals surface area contributed by atoms with Gasteiger partial charge in [0, 0.05) is 29.9 Å². The van der Waals surface area contributed by atoms with Crippen LogP contribution in [0.15, 0.2) is 30.6 Å². The molecule has 0 unspecified atom stereocenters. The number of ketones is 1. The fourth-order valence-corrected chi connectivity index (χ4v) is 1.71. The molecule has 17 heavy (non-hydrogen) atoms. The molecule has 0 aliphatic heterocycles. The Morgan fingerprint density at radius 2 is 2.18 bits per heavy atom. The topological polar surface area (TPSA) is 44.1 Å². The lowest BCUT2D eigenvalue weighted by Gasteiger charge is -2.08. The summed E-state index contributed by atoms with van der Waals surface area (Å²) >= 11 is 0. The highest BCUT2D eigenvalue weighted by atomic mass is 16.5. The van der Waals surface area contributed by atoms with Gasteiger partial charge in [-0.1, -0.05) is 0 Å². The molecule has 88 valence electrons. The molecule has 4 heteroatoms. The predicted molar refractivity (Wildman–Crippen MR) is 65.2 cm³/mol. The second kappa shape index (κ2) is 4.41. The van der Waals surface area contributed by atoms with Crippen LogP contribution in [0.25, 0.3) is 11.1 Å². The summed E-state index contributed by atoms with van der Waals surface area (Å²) in [5.74, 6) is 0.779. The maximum atomic E-state index is 11.4. The van der Waals surface area contributed by atoms with Gasteiger partial charge in [-0.15, -0.1) is 0 Å². The lowest BCUT2D eigenvalue weighted by Crippen LogP contribution is -1.94. The lowest BCUT2D eigenvalue weighted by atomic mass is 10.0. The van der Waals surface area contributed by atoms with Crippen LogP contribution in [0.5, 0.6) is 5.75 Å². The van der Waals surface area contributed by atoms with Gasteiger partial charge in [0.05, 0.1) is 13.3 Å². The van der Waals surface area contributed by atoms with Gasteiger partial charge in [0.15, 0.2) is 5.78 Å². The van der Waals surface area contributed by atoms with Crippen molar-refractivity contribution in [3.8, 4) is 16.9 Å². The van der Waals surface area contributed by atoms with E-state index in [0.717, 1.165) is 16.9 Å². The molecule has 0 fully saturated rings. The van der Waals surface area contributed by atoms with Crippen LogP contribution in [0.1, 0.15) is 17.3 Å². The highest BCUT2D eigenvalue weighted by Crippen LogP contribution is 2.30. The van der Waals surface area contributed by atoms with E-state index in [1.165, 1.54) is 0 Å². The summed E-state index contributed by atoms with van der Waals surface area (Å²) in [5, 5.41) is 4.12. The Kier molecular flexibility index (Phi) is 2.95. The maximum absolute atomic E-state index is 11.4. The van der Waals surface area contributed by atoms with Gasteiger partial charge in [-0.25, -0.2) is 0 Å². The molecule has 0 N–H and O–H groups in total. The number of ether oxygens (including phenoxy) is 1. The van der Waals surface area contributed by atoms with E-state index < -0.39 is 0 Å². The Morgan fingerprint density at radius 3 is 2.71 bits per heavy atom. The summed E-state index contributed by atoms with van der Waals surface area (Å²) in [4.78, 5) is 11.4. The van der Waals surface area contributed by atoms with Crippen molar-refractivity contribution >= 4 is 5.78 Å². The summed E-state index contributed by atoms with van der Waals surface area (Å²) in [6.07, 6.45) is 3.64. The fourth-order valence-electron chi connectivity index (χ4n) is 1.71. The summed E-state index contributed by atoms with van der Waals surface area (Å²) in [6.45, 7) is 1.55. The molecule has 0 spiro atoms. The number of Topliss-reactive ketones (excluding diaryl/α,β-unsaturated/α-hetero) is 1. The summed E-state index contributed by atoms with van der Waals surface area (Å²) in [5.41, 5.74) is 2.49. The molecule has 0 aliphatic rings. The number of aromatic nitrogens is 2. The molecule has 0 bridgehead atoms. The fraction of sp³-hybridized carbons (Fsp3) is 0.231. The number of methoxy groups -OCH3 is 1. The molecule has 1 aromatic heterocycles. The first kappa shape index (κ1) is 11.4. The molecule has 0 amide bonds. The summed E-state index contributed by atoms with van der Waals surface area (Å²) < 4.78 is 7.01. The predicted octanol–water partition coefficient (Wildman–Crippen LogP) is 2.30. The van der Waals surface area contributed by atoms with Crippen molar-refractivity contribution in [1.82, 2.24) is 9.78 Å². The molecule has 2 rings (SSSR count). The molecular weight excluding hydrogens is 216 g/mol. The zero-order valence-corrected chi connectivity index (χ0v) is 10.1. The van der Waals surface area contributed by atoms with E-state index >= 15 is 0 Å². The Bertz CT molecular complexity index is 558. The van der Waals surface area contributed by atoms with Crippen LogP contribution in [0.2, 0.25) is 0 Å². The smallest absolute Gasteiger partial charge is 0.159 e. The number of carbonyl (C=O) groups excluding carboxylic acids is 1. The first-order chi connectivity index (χ1) is 8.11. The molecule has 0 atom stereocenters. The summed E-state index contributed by atoms with van der Waals surface area (Å²) in [7, 11) is 3.47. The first-order valence-corrected chi connectivity index (χ1v) is 5.30. The van der Waals surface area contributed by atoms with Crippen LogP contribution >= 0.6 is 0 Å². The molecule has 1 heterocycles. The second-order valence-electron chi connectivity index (χ2n) is 3.87. The number of hydrogen-bond acceptors (Lipinski definition) is 3. The third kappa shape index (κ3) is 2.20. The molecule has 1 aromatic carbocycles. The highest BCUT2D eigenvalue weighted by molar-refractivity contribution is 5.95. The number of carbonyl (C=O) groups is 1. The number of aryl methyl sites for hydroxylation is 1. The molecule has 0 saturated heterocycles. The Labute approximate surface area is 99.8 Å². The van der Waals surface area contributed by atoms with Gasteiger partial charge in [-0.2, -0.15) is 5.10 Å². The van der Waals surface area contributed by atoms with Crippen molar-refractivity contribution < 1.29 is 9.53 Å². The van der Waals surface area contributed by atoms with Crippen molar-refractivity contribution in [3.63, 3.8) is 0 Å². The van der Waals surface area contributed by atoms with Gasteiger partial charge < -0.3 is 4.74 Å². The lowest BCUT2D eigenvalue weighted by molar-refractivity contribution is 0.101. The number of nitrogens with zero attached hydrogens (tertiary/aromatic N) is 2. The van der Waals surface area contributed by atoms with Gasteiger partial charge >= 0.3 is 0 Å². The Morgan fingerprint density at radius 1 is 1.41 bits per heavy atom. The van der Waals surface area contributed by atoms with Crippen molar-refractivity contribution in [3.05, 3.63) is 36.2 Å². The van der Waals surface area contributed by atoms with Gasteiger partial charge in [-0.05, 0) is 25.1 Å².